The molecule has 8 nitrogen and oxygen atoms in total. The van der Waals surface area contributed by atoms with Crippen LogP contribution in [-0.2, 0) is 21.4 Å². The van der Waals surface area contributed by atoms with Crippen molar-refractivity contribution in [2.75, 3.05) is 12.3 Å². The van der Waals surface area contributed by atoms with Gasteiger partial charge in [-0.1, -0.05) is 18.2 Å². The van der Waals surface area contributed by atoms with Crippen molar-refractivity contribution in [2.24, 2.45) is 0 Å². The number of sulfonamides is 1. The van der Waals surface area contributed by atoms with Gasteiger partial charge >= 0.3 is 0 Å². The van der Waals surface area contributed by atoms with Crippen LogP contribution in [0, 0.1) is 0 Å². The van der Waals surface area contributed by atoms with Crippen molar-refractivity contribution >= 4 is 38.6 Å². The molecule has 2 aromatic carbocycles. The van der Waals surface area contributed by atoms with Crippen LogP contribution in [0.1, 0.15) is 19.4 Å². The molecule has 174 valence electrons. The molecule has 1 aliphatic rings. The van der Waals surface area contributed by atoms with Gasteiger partial charge in [0.05, 0.1) is 10.4 Å². The largest absolute Gasteiger partial charge is 0.489 e. The van der Waals surface area contributed by atoms with Gasteiger partial charge in [-0.2, -0.15) is 16.1 Å². The first kappa shape index (κ1) is 23.5. The van der Waals surface area contributed by atoms with E-state index in [1.807, 2.05) is 30.3 Å². The number of hydrogen-bond donors (Lipinski definition) is 2. The zero-order valence-electron chi connectivity index (χ0n) is 18.3. The lowest BCUT2D eigenvalue weighted by molar-refractivity contribution is -0.134. The lowest BCUT2D eigenvalue weighted by Crippen LogP contribution is -2.61. The molecule has 0 saturated carbocycles. The number of hydroxylamine groups is 1. The Morgan fingerprint density at radius 2 is 1.94 bits per heavy atom. The van der Waals surface area contributed by atoms with Gasteiger partial charge in [-0.3, -0.25) is 15.0 Å². The molecule has 1 amide bonds. The molecule has 0 spiro atoms. The zero-order valence-corrected chi connectivity index (χ0v) is 19.9. The van der Waals surface area contributed by atoms with Gasteiger partial charge in [-0.15, -0.1) is 0 Å². The minimum atomic E-state index is -3.97. The highest BCUT2D eigenvalue weighted by Crippen LogP contribution is 2.38. The lowest BCUT2D eigenvalue weighted by Gasteiger charge is -2.43. The van der Waals surface area contributed by atoms with Gasteiger partial charge in [-0.05, 0) is 50.2 Å². The van der Waals surface area contributed by atoms with Crippen molar-refractivity contribution in [1.29, 1.82) is 0 Å². The Bertz CT molecular complexity index is 1260. The first-order valence-electron chi connectivity index (χ1n) is 10.4. The van der Waals surface area contributed by atoms with E-state index in [1.165, 1.54) is 23.9 Å². The maximum Gasteiger partial charge on any atom is 0.263 e. The summed E-state index contributed by atoms with van der Waals surface area (Å²) in [5.74, 6) is 0.317. The Hall–Kier alpha value is -2.66. The number of carbonyl (C=O) groups excluding carboxylic acids is 1. The van der Waals surface area contributed by atoms with Crippen LogP contribution in [-0.4, -0.2) is 51.9 Å². The first-order valence-corrected chi connectivity index (χ1v) is 12.8. The fraction of sp³-hybridized carbons (Fsp3) is 0.304. The summed E-state index contributed by atoms with van der Waals surface area (Å²) < 4.78 is 33.0. The third-order valence-corrected chi connectivity index (χ3v) is 8.89. The summed E-state index contributed by atoms with van der Waals surface area (Å²) in [6.45, 7) is 4.06. The topological polar surface area (TPSA) is 109 Å². The summed E-state index contributed by atoms with van der Waals surface area (Å²) in [6, 6.07) is 14.8. The van der Waals surface area contributed by atoms with Crippen molar-refractivity contribution in [3.63, 3.8) is 0 Å². The van der Waals surface area contributed by atoms with Gasteiger partial charge in [0.25, 0.3) is 5.91 Å². The minimum Gasteiger partial charge on any atom is -0.489 e. The number of hydrogen-bond acceptors (Lipinski definition) is 7. The number of fused-ring (bicyclic) bond motifs is 1. The molecule has 2 heterocycles. The van der Waals surface area contributed by atoms with Crippen molar-refractivity contribution in [3.05, 3.63) is 66.4 Å². The molecule has 2 N–H and O–H groups in total. The van der Waals surface area contributed by atoms with Crippen LogP contribution in [0.25, 0.3) is 10.9 Å². The van der Waals surface area contributed by atoms with Crippen molar-refractivity contribution in [2.45, 2.75) is 36.1 Å². The molecule has 1 saturated heterocycles. The third kappa shape index (κ3) is 4.70. The molecule has 10 heteroatoms. The number of rotatable bonds is 6. The normalized spacial score (nSPS) is 18.7. The first-order chi connectivity index (χ1) is 15.7. The van der Waals surface area contributed by atoms with Gasteiger partial charge in [0, 0.05) is 34.2 Å². The summed E-state index contributed by atoms with van der Waals surface area (Å²) >= 11 is 1.49. The summed E-state index contributed by atoms with van der Waals surface area (Å²) in [4.78, 5) is 16.7. The number of nitrogens with zero attached hydrogens (tertiary/aromatic N) is 2. The van der Waals surface area contributed by atoms with Crippen molar-refractivity contribution in [3.8, 4) is 5.75 Å². The highest BCUT2D eigenvalue weighted by Gasteiger charge is 2.48. The van der Waals surface area contributed by atoms with Gasteiger partial charge in [-0.25, -0.2) is 13.9 Å². The van der Waals surface area contributed by atoms with E-state index in [1.54, 1.807) is 37.7 Å². The lowest BCUT2D eigenvalue weighted by atomic mass is 10.0. The Morgan fingerprint density at radius 1 is 1.21 bits per heavy atom. The molecule has 1 aliphatic heterocycles. The number of aromatic nitrogens is 1. The minimum absolute atomic E-state index is 0.0580. The Balaban J connectivity index is 1.54. The standard InChI is InChI=1S/C23H25N3O5S2/c1-23(2)21(22(27)25-28)26(13-14-32-23)33(29,30)18-9-7-17(8-10-18)31-15-16-11-12-24-20-6-4-3-5-19(16)20/h3-12,21,28H,13-15H2,1-2H3,(H,25,27)/t21-/m0/s1. The van der Waals surface area contributed by atoms with Crippen LogP contribution in [0.4, 0.5) is 0 Å². The van der Waals surface area contributed by atoms with Crippen LogP contribution in [0.5, 0.6) is 5.75 Å². The number of ether oxygens (including phenoxy) is 1. The second kappa shape index (κ2) is 9.30. The Labute approximate surface area is 197 Å². The quantitative estimate of drug-likeness (QED) is 0.406. The van der Waals surface area contributed by atoms with E-state index in [4.69, 9.17) is 4.74 Å². The molecule has 0 bridgehead atoms. The van der Waals surface area contributed by atoms with Crippen molar-refractivity contribution in [1.82, 2.24) is 14.8 Å². The number of thioether (sulfide) groups is 1. The third-order valence-electron chi connectivity index (χ3n) is 5.65. The van der Waals surface area contributed by atoms with E-state index in [0.717, 1.165) is 20.8 Å². The zero-order chi connectivity index (χ0) is 23.6. The number of amides is 1. The van der Waals surface area contributed by atoms with E-state index >= 15 is 0 Å². The molecule has 0 unspecified atom stereocenters. The fourth-order valence-corrected chi connectivity index (χ4v) is 7.11. The van der Waals surface area contributed by atoms with Crippen LogP contribution in [0.15, 0.2) is 65.7 Å². The number of para-hydroxylation sites is 1. The summed E-state index contributed by atoms with van der Waals surface area (Å²) in [5, 5.41) is 10.2. The number of pyridine rings is 1. The highest BCUT2D eigenvalue weighted by molar-refractivity contribution is 8.00. The second-order valence-corrected chi connectivity index (χ2v) is 11.8. The van der Waals surface area contributed by atoms with Crippen molar-refractivity contribution < 1.29 is 23.2 Å². The van der Waals surface area contributed by atoms with Gasteiger partial charge < -0.3 is 4.74 Å². The molecule has 0 radical (unpaired) electrons. The summed E-state index contributed by atoms with van der Waals surface area (Å²) in [6.07, 6.45) is 1.73. The predicted molar refractivity (Wildman–Crippen MR) is 127 cm³/mol. The van der Waals surface area contributed by atoms with Crippen LogP contribution in [0.2, 0.25) is 0 Å². The van der Waals surface area contributed by atoms with Gasteiger partial charge in [0.1, 0.15) is 18.4 Å². The number of carbonyl (C=O) groups is 1. The number of benzene rings is 2. The van der Waals surface area contributed by atoms with E-state index in [0.29, 0.717) is 18.1 Å². The van der Waals surface area contributed by atoms with E-state index in [2.05, 4.69) is 4.98 Å². The Kier molecular flexibility index (Phi) is 6.62. The molecule has 1 fully saturated rings. The van der Waals surface area contributed by atoms with Crippen LogP contribution >= 0.6 is 11.8 Å². The SMILES string of the molecule is CC1(C)SCCN(S(=O)(=O)c2ccc(OCc3ccnc4ccccc34)cc2)[C@H]1C(=O)NO. The molecule has 3 aromatic rings. The Morgan fingerprint density at radius 3 is 2.67 bits per heavy atom. The van der Waals surface area contributed by atoms with Crippen LogP contribution in [0.3, 0.4) is 0 Å². The molecule has 0 aliphatic carbocycles. The van der Waals surface area contributed by atoms with Gasteiger partial charge in [0.2, 0.25) is 10.0 Å². The summed E-state index contributed by atoms with van der Waals surface area (Å²) in [7, 11) is -3.97. The van der Waals surface area contributed by atoms with E-state index in [-0.39, 0.29) is 11.4 Å². The summed E-state index contributed by atoms with van der Waals surface area (Å²) in [5.41, 5.74) is 3.47. The molecular weight excluding hydrogens is 462 g/mol. The maximum atomic E-state index is 13.4. The van der Waals surface area contributed by atoms with Crippen LogP contribution < -0.4 is 10.2 Å². The highest BCUT2D eigenvalue weighted by atomic mass is 32.2. The maximum absolute atomic E-state index is 13.4. The number of nitrogens with one attached hydrogen (secondary N) is 1. The molecule has 33 heavy (non-hydrogen) atoms. The van der Waals surface area contributed by atoms with Gasteiger partial charge in [0.15, 0.2) is 0 Å². The fourth-order valence-electron chi connectivity index (χ4n) is 4.01. The molecular formula is C23H25N3O5S2. The average molecular weight is 488 g/mol. The molecule has 1 aromatic heterocycles. The molecule has 4 rings (SSSR count). The molecule has 1 atom stereocenters. The average Bonchev–Trinajstić information content (AvgIpc) is 2.81. The van der Waals surface area contributed by atoms with E-state index < -0.39 is 26.7 Å². The van der Waals surface area contributed by atoms with E-state index in [9.17, 15) is 18.4 Å². The monoisotopic (exact) mass is 487 g/mol. The second-order valence-electron chi connectivity index (χ2n) is 8.19. The predicted octanol–water partition coefficient (Wildman–Crippen LogP) is 3.20. The smallest absolute Gasteiger partial charge is 0.263 e.